The minimum atomic E-state index is -0.648. The van der Waals surface area contributed by atoms with Crippen molar-refractivity contribution in [3.05, 3.63) is 23.8 Å². The van der Waals surface area contributed by atoms with Gasteiger partial charge >= 0.3 is 11.9 Å². The maximum Gasteiger partial charge on any atom is 0.340 e. The summed E-state index contributed by atoms with van der Waals surface area (Å²) in [6.07, 6.45) is 8.72. The first-order valence-electron chi connectivity index (χ1n) is 13.8. The van der Waals surface area contributed by atoms with Crippen LogP contribution in [0, 0.1) is 35.0 Å². The molecule has 6 nitrogen and oxygen atoms in total. The van der Waals surface area contributed by atoms with Gasteiger partial charge in [-0.3, -0.25) is 4.79 Å². The average molecular weight is 505 g/mol. The molecule has 0 aromatic heterocycles. The molecule has 2 fully saturated rings. The van der Waals surface area contributed by atoms with Crippen molar-refractivity contribution in [3.63, 3.8) is 0 Å². The molecular weight excluding hydrogens is 456 g/mol. The van der Waals surface area contributed by atoms with E-state index in [0.717, 1.165) is 31.3 Å². The maximum absolute atomic E-state index is 12.3. The number of hydrogen-bond acceptors (Lipinski definition) is 6. The predicted octanol–water partition coefficient (Wildman–Crippen LogP) is 6.17. The van der Waals surface area contributed by atoms with Crippen LogP contribution in [-0.4, -0.2) is 35.7 Å². The number of rotatable bonds is 13. The third kappa shape index (κ3) is 7.77. The highest BCUT2D eigenvalue weighted by molar-refractivity contribution is 5.91. The number of hydrogen-bond donors (Lipinski definition) is 1. The van der Waals surface area contributed by atoms with Crippen LogP contribution in [0.5, 0.6) is 0 Å². The molecule has 0 spiro atoms. The van der Waals surface area contributed by atoms with Crippen LogP contribution >= 0.6 is 0 Å². The number of allylic oxidation sites excluding steroid dienone is 1. The fraction of sp³-hybridized carbons (Fsp3) is 0.767. The lowest BCUT2D eigenvalue weighted by Crippen LogP contribution is -2.48. The Labute approximate surface area is 217 Å². The van der Waals surface area contributed by atoms with Gasteiger partial charge in [-0.25, -0.2) is 4.79 Å². The normalized spacial score (nSPS) is 29.7. The van der Waals surface area contributed by atoms with E-state index >= 15 is 0 Å². The average Bonchev–Trinajstić information content (AvgIpc) is 3.18. The highest BCUT2D eigenvalue weighted by atomic mass is 16.7. The van der Waals surface area contributed by atoms with Gasteiger partial charge in [-0.2, -0.15) is 0 Å². The summed E-state index contributed by atoms with van der Waals surface area (Å²) in [6, 6.07) is 0. The largest absolute Gasteiger partial charge is 0.428 e. The standard InChI is InChI=1S/C30H48O6/c1-8-20(3)24-16-25-12-13-26(30(25,7)27(32)17-24)21(4)10-14-28(33)35-18-36-29(34)22(5)15-19(2)9-11-23(6)31/h15,20-21,24-27,32H,5,8-14,16-18H2,1-4,6-7H3/b19-15+/t20-,21+,24?,25?,26?,27-,30-/m0/s1. The van der Waals surface area contributed by atoms with Gasteiger partial charge in [-0.15, -0.1) is 0 Å². The smallest absolute Gasteiger partial charge is 0.340 e. The van der Waals surface area contributed by atoms with Crippen molar-refractivity contribution in [2.24, 2.45) is 35.0 Å². The topological polar surface area (TPSA) is 89.9 Å². The van der Waals surface area contributed by atoms with Gasteiger partial charge in [0.1, 0.15) is 5.78 Å². The number of carbonyl (C=O) groups excluding carboxylic acids is 3. The van der Waals surface area contributed by atoms with Crippen molar-refractivity contribution in [2.45, 2.75) is 105 Å². The number of aliphatic hydroxyl groups excluding tert-OH is 1. The minimum absolute atomic E-state index is 0.0841. The molecule has 0 saturated heterocycles. The molecule has 6 heteroatoms. The summed E-state index contributed by atoms with van der Waals surface area (Å²) in [5.41, 5.74) is 0.935. The Morgan fingerprint density at radius 2 is 1.75 bits per heavy atom. The number of fused-ring (bicyclic) bond motifs is 1. The van der Waals surface area contributed by atoms with Crippen molar-refractivity contribution in [1.82, 2.24) is 0 Å². The Morgan fingerprint density at radius 1 is 1.06 bits per heavy atom. The third-order valence-corrected chi connectivity index (χ3v) is 9.24. The van der Waals surface area contributed by atoms with E-state index in [9.17, 15) is 19.5 Å². The Balaban J connectivity index is 1.77. The Bertz CT molecular complexity index is 829. The van der Waals surface area contributed by atoms with Crippen LogP contribution in [0.2, 0.25) is 0 Å². The zero-order valence-electron chi connectivity index (χ0n) is 23.3. The molecule has 204 valence electrons. The molecule has 0 bridgehead atoms. The number of esters is 2. The molecule has 2 rings (SSSR count). The number of aliphatic hydroxyl groups is 1. The van der Waals surface area contributed by atoms with Crippen LogP contribution in [0.15, 0.2) is 23.8 Å². The van der Waals surface area contributed by atoms with E-state index in [1.807, 2.05) is 6.92 Å². The van der Waals surface area contributed by atoms with Crippen molar-refractivity contribution in [2.75, 3.05) is 6.79 Å². The Kier molecular flexibility index (Phi) is 11.4. The molecule has 0 amide bonds. The van der Waals surface area contributed by atoms with Crippen LogP contribution in [0.4, 0.5) is 0 Å². The lowest BCUT2D eigenvalue weighted by atomic mass is 9.57. The molecule has 7 atom stereocenters. The first kappa shape index (κ1) is 30.3. The zero-order valence-corrected chi connectivity index (χ0v) is 23.3. The van der Waals surface area contributed by atoms with Crippen molar-refractivity contribution in [3.8, 4) is 0 Å². The molecule has 0 aromatic rings. The Hall–Kier alpha value is -1.95. The number of carbonyl (C=O) groups is 3. The van der Waals surface area contributed by atoms with Gasteiger partial charge in [-0.05, 0) is 93.5 Å². The highest BCUT2D eigenvalue weighted by Crippen LogP contribution is 2.60. The van der Waals surface area contributed by atoms with E-state index < -0.39 is 18.7 Å². The third-order valence-electron chi connectivity index (χ3n) is 9.24. The lowest BCUT2D eigenvalue weighted by molar-refractivity contribution is -0.164. The second-order valence-electron chi connectivity index (χ2n) is 11.7. The van der Waals surface area contributed by atoms with Crippen molar-refractivity contribution in [1.29, 1.82) is 0 Å². The van der Waals surface area contributed by atoms with E-state index in [0.29, 0.717) is 48.9 Å². The molecule has 3 unspecified atom stereocenters. The summed E-state index contributed by atoms with van der Waals surface area (Å²) in [6.45, 7) is 15.6. The van der Waals surface area contributed by atoms with Crippen LogP contribution in [0.1, 0.15) is 99.3 Å². The molecule has 1 N–H and O–H groups in total. The van der Waals surface area contributed by atoms with E-state index in [1.165, 1.54) is 13.3 Å². The minimum Gasteiger partial charge on any atom is -0.428 e. The zero-order chi connectivity index (χ0) is 27.0. The second-order valence-corrected chi connectivity index (χ2v) is 11.7. The van der Waals surface area contributed by atoms with E-state index in [2.05, 4.69) is 34.3 Å². The van der Waals surface area contributed by atoms with Gasteiger partial charge in [-0.1, -0.05) is 46.3 Å². The summed E-state index contributed by atoms with van der Waals surface area (Å²) in [4.78, 5) is 35.4. The van der Waals surface area contributed by atoms with Gasteiger partial charge in [0.2, 0.25) is 6.79 Å². The van der Waals surface area contributed by atoms with Crippen LogP contribution in [-0.2, 0) is 23.9 Å². The van der Waals surface area contributed by atoms with E-state index in [1.54, 1.807) is 6.08 Å². The number of ether oxygens (including phenoxy) is 2. The molecule has 0 aromatic carbocycles. The van der Waals surface area contributed by atoms with Gasteiger partial charge in [0.25, 0.3) is 0 Å². The van der Waals surface area contributed by atoms with E-state index in [-0.39, 0.29) is 29.3 Å². The summed E-state index contributed by atoms with van der Waals surface area (Å²) >= 11 is 0. The Morgan fingerprint density at radius 3 is 2.39 bits per heavy atom. The number of Topliss-reactive ketones (excluding diaryl/α,β-unsaturated/α-hetero) is 1. The summed E-state index contributed by atoms with van der Waals surface area (Å²) in [5, 5.41) is 11.2. The van der Waals surface area contributed by atoms with Gasteiger partial charge in [0.15, 0.2) is 0 Å². The maximum atomic E-state index is 12.3. The number of ketones is 1. The summed E-state index contributed by atoms with van der Waals surface area (Å²) < 4.78 is 10.1. The first-order chi connectivity index (χ1) is 16.9. The molecule has 36 heavy (non-hydrogen) atoms. The summed E-state index contributed by atoms with van der Waals surface area (Å²) in [5.74, 6) is 1.53. The monoisotopic (exact) mass is 504 g/mol. The van der Waals surface area contributed by atoms with Crippen molar-refractivity contribution >= 4 is 17.7 Å². The lowest BCUT2D eigenvalue weighted by Gasteiger charge is -2.50. The summed E-state index contributed by atoms with van der Waals surface area (Å²) in [7, 11) is 0. The highest BCUT2D eigenvalue weighted by Gasteiger charge is 2.55. The fourth-order valence-electron chi connectivity index (χ4n) is 6.56. The van der Waals surface area contributed by atoms with Crippen molar-refractivity contribution < 1.29 is 29.0 Å². The molecular formula is C30H48O6. The second kappa shape index (κ2) is 13.6. The van der Waals surface area contributed by atoms with Crippen LogP contribution in [0.25, 0.3) is 0 Å². The van der Waals surface area contributed by atoms with Crippen LogP contribution in [0.3, 0.4) is 0 Å². The van der Waals surface area contributed by atoms with Gasteiger partial charge in [0.05, 0.1) is 11.7 Å². The molecule has 2 saturated carbocycles. The van der Waals surface area contributed by atoms with Gasteiger partial charge < -0.3 is 19.4 Å². The fourth-order valence-corrected chi connectivity index (χ4v) is 6.56. The quantitative estimate of drug-likeness (QED) is 0.140. The van der Waals surface area contributed by atoms with Crippen LogP contribution < -0.4 is 0 Å². The molecule has 0 aliphatic heterocycles. The first-order valence-corrected chi connectivity index (χ1v) is 13.8. The molecule has 2 aliphatic rings. The SMILES string of the molecule is C=C(/C=C(\C)CCC(C)=O)C(=O)OCOC(=O)CC[C@@H](C)C1CCC2CC([C@@H](C)CC)C[C@H](O)[C@@]21C. The van der Waals surface area contributed by atoms with E-state index in [4.69, 9.17) is 9.47 Å². The van der Waals surface area contributed by atoms with Gasteiger partial charge in [0, 0.05) is 12.8 Å². The molecule has 2 aliphatic carbocycles. The molecule has 0 radical (unpaired) electrons. The predicted molar refractivity (Wildman–Crippen MR) is 141 cm³/mol. The molecule has 0 heterocycles.